The third-order valence-corrected chi connectivity index (χ3v) is 4.08. The van der Waals surface area contributed by atoms with Crippen molar-refractivity contribution in [3.8, 4) is 0 Å². The van der Waals surface area contributed by atoms with Crippen LogP contribution in [0.25, 0.3) is 0 Å². The van der Waals surface area contributed by atoms with Gasteiger partial charge in [0.1, 0.15) is 5.82 Å². The summed E-state index contributed by atoms with van der Waals surface area (Å²) in [4.78, 5) is 29.8. The van der Waals surface area contributed by atoms with Gasteiger partial charge in [-0.3, -0.25) is 14.6 Å². The van der Waals surface area contributed by atoms with E-state index in [9.17, 15) is 14.0 Å². The Morgan fingerprint density at radius 1 is 1.21 bits per heavy atom. The maximum absolute atomic E-state index is 12.9. The molecule has 1 atom stereocenters. The molecule has 2 heterocycles. The lowest BCUT2D eigenvalue weighted by atomic mass is 10.1. The molecule has 0 saturated carbocycles. The number of amides is 2. The van der Waals surface area contributed by atoms with Gasteiger partial charge in [0.05, 0.1) is 6.04 Å². The fraction of sp³-hybridized carbons (Fsp3) is 0.278. The number of carbonyl (C=O) groups excluding carboxylic acids is 2. The van der Waals surface area contributed by atoms with Gasteiger partial charge in [-0.2, -0.15) is 0 Å². The smallest absolute Gasteiger partial charge is 0.251 e. The minimum absolute atomic E-state index is 0.0251. The molecule has 3 rings (SSSR count). The van der Waals surface area contributed by atoms with Crippen molar-refractivity contribution in [2.24, 2.45) is 0 Å². The van der Waals surface area contributed by atoms with Gasteiger partial charge in [-0.05, 0) is 36.2 Å². The molecule has 0 spiro atoms. The van der Waals surface area contributed by atoms with E-state index in [0.717, 1.165) is 5.56 Å². The summed E-state index contributed by atoms with van der Waals surface area (Å²) in [5.41, 5.74) is 1.51. The summed E-state index contributed by atoms with van der Waals surface area (Å²) in [5, 5.41) is 2.88. The molecule has 2 amide bonds. The molecule has 1 fully saturated rings. The lowest BCUT2D eigenvalue weighted by molar-refractivity contribution is -0.127. The standard InChI is InChI=1S/C18H18FN3O2/c19-15-3-1-13(2-4-15)7-10-22-12-16(11-17(22)23)21-18(24)14-5-8-20-9-6-14/h1-6,8-9,16H,7,10-12H2,(H,21,24)/t16-/m0/s1. The highest BCUT2D eigenvalue weighted by Crippen LogP contribution is 2.13. The SMILES string of the molecule is O=C(N[C@H]1CC(=O)N(CCc2ccc(F)cc2)C1)c1ccncc1. The second kappa shape index (κ2) is 7.21. The molecule has 0 radical (unpaired) electrons. The van der Waals surface area contributed by atoms with E-state index in [1.54, 1.807) is 41.6 Å². The first-order valence-electron chi connectivity index (χ1n) is 7.85. The fourth-order valence-electron chi connectivity index (χ4n) is 2.77. The van der Waals surface area contributed by atoms with Gasteiger partial charge in [-0.1, -0.05) is 12.1 Å². The minimum atomic E-state index is -0.269. The Labute approximate surface area is 139 Å². The van der Waals surface area contributed by atoms with Crippen molar-refractivity contribution < 1.29 is 14.0 Å². The zero-order valence-corrected chi connectivity index (χ0v) is 13.1. The zero-order chi connectivity index (χ0) is 16.9. The van der Waals surface area contributed by atoms with Crippen LogP contribution in [0, 0.1) is 5.82 Å². The van der Waals surface area contributed by atoms with E-state index in [4.69, 9.17) is 0 Å². The van der Waals surface area contributed by atoms with Crippen LogP contribution in [0.5, 0.6) is 0 Å². The predicted molar refractivity (Wildman–Crippen MR) is 86.8 cm³/mol. The van der Waals surface area contributed by atoms with Gasteiger partial charge >= 0.3 is 0 Å². The average Bonchev–Trinajstić information content (AvgIpc) is 2.94. The molecule has 6 heteroatoms. The van der Waals surface area contributed by atoms with Gasteiger partial charge < -0.3 is 10.2 Å². The lowest BCUT2D eigenvalue weighted by Crippen LogP contribution is -2.37. The summed E-state index contributed by atoms with van der Waals surface area (Å²) < 4.78 is 12.9. The normalized spacial score (nSPS) is 17.1. The quantitative estimate of drug-likeness (QED) is 0.911. The van der Waals surface area contributed by atoms with Crippen LogP contribution in [0.15, 0.2) is 48.8 Å². The number of hydrogen-bond acceptors (Lipinski definition) is 3. The number of likely N-dealkylation sites (tertiary alicyclic amines) is 1. The summed E-state index contributed by atoms with van der Waals surface area (Å²) in [5.74, 6) is -0.442. The number of carbonyl (C=O) groups is 2. The summed E-state index contributed by atoms with van der Waals surface area (Å²) in [7, 11) is 0. The number of benzene rings is 1. The third kappa shape index (κ3) is 3.95. The highest BCUT2D eigenvalue weighted by molar-refractivity contribution is 5.94. The van der Waals surface area contributed by atoms with Gasteiger partial charge in [0, 0.05) is 37.5 Å². The van der Waals surface area contributed by atoms with E-state index >= 15 is 0 Å². The van der Waals surface area contributed by atoms with Gasteiger partial charge in [0.15, 0.2) is 0 Å². The third-order valence-electron chi connectivity index (χ3n) is 4.08. The minimum Gasteiger partial charge on any atom is -0.347 e. The highest BCUT2D eigenvalue weighted by atomic mass is 19.1. The highest BCUT2D eigenvalue weighted by Gasteiger charge is 2.30. The molecular formula is C18H18FN3O2. The fourth-order valence-corrected chi connectivity index (χ4v) is 2.77. The molecule has 0 bridgehead atoms. The number of halogens is 1. The molecule has 1 aliphatic heterocycles. The van der Waals surface area contributed by atoms with E-state index in [1.165, 1.54) is 12.1 Å². The monoisotopic (exact) mass is 327 g/mol. The summed E-state index contributed by atoms with van der Waals surface area (Å²) >= 11 is 0. The van der Waals surface area contributed by atoms with Crippen molar-refractivity contribution in [3.05, 3.63) is 65.7 Å². The lowest BCUT2D eigenvalue weighted by Gasteiger charge is -2.17. The topological polar surface area (TPSA) is 62.3 Å². The molecular weight excluding hydrogens is 309 g/mol. The van der Waals surface area contributed by atoms with Crippen LogP contribution in [0.3, 0.4) is 0 Å². The molecule has 1 aromatic carbocycles. The van der Waals surface area contributed by atoms with Crippen molar-refractivity contribution in [3.63, 3.8) is 0 Å². The zero-order valence-electron chi connectivity index (χ0n) is 13.1. The van der Waals surface area contributed by atoms with Crippen molar-refractivity contribution >= 4 is 11.8 Å². The molecule has 1 aromatic heterocycles. The van der Waals surface area contributed by atoms with Crippen LogP contribution >= 0.6 is 0 Å². The Morgan fingerprint density at radius 2 is 1.92 bits per heavy atom. The van der Waals surface area contributed by atoms with Crippen LogP contribution in [0.2, 0.25) is 0 Å². The Hall–Kier alpha value is -2.76. The van der Waals surface area contributed by atoms with Gasteiger partial charge in [0.2, 0.25) is 5.91 Å². The van der Waals surface area contributed by atoms with Crippen molar-refractivity contribution in [2.75, 3.05) is 13.1 Å². The van der Waals surface area contributed by atoms with Gasteiger partial charge in [-0.25, -0.2) is 4.39 Å². The van der Waals surface area contributed by atoms with E-state index in [2.05, 4.69) is 10.3 Å². The Kier molecular flexibility index (Phi) is 4.84. The summed E-state index contributed by atoms with van der Waals surface area (Å²) in [6.45, 7) is 1.06. The molecule has 2 aromatic rings. The Bertz CT molecular complexity index is 719. The predicted octanol–water partition coefficient (Wildman–Crippen LogP) is 1.79. The van der Waals surface area contributed by atoms with E-state index in [1.807, 2.05) is 0 Å². The first kappa shape index (κ1) is 16.1. The average molecular weight is 327 g/mol. The molecule has 1 N–H and O–H groups in total. The number of aromatic nitrogens is 1. The molecule has 1 aliphatic rings. The molecule has 124 valence electrons. The summed E-state index contributed by atoms with van der Waals surface area (Å²) in [6, 6.07) is 9.36. The van der Waals surface area contributed by atoms with Crippen molar-refractivity contribution in [2.45, 2.75) is 18.9 Å². The first-order valence-corrected chi connectivity index (χ1v) is 7.85. The van der Waals surface area contributed by atoms with E-state index < -0.39 is 0 Å². The van der Waals surface area contributed by atoms with Crippen LogP contribution < -0.4 is 5.32 Å². The van der Waals surface area contributed by atoms with Crippen molar-refractivity contribution in [1.82, 2.24) is 15.2 Å². The second-order valence-electron chi connectivity index (χ2n) is 5.83. The van der Waals surface area contributed by atoms with Crippen LogP contribution in [-0.2, 0) is 11.2 Å². The van der Waals surface area contributed by atoms with E-state index in [-0.39, 0.29) is 23.7 Å². The number of nitrogens with one attached hydrogen (secondary N) is 1. The largest absolute Gasteiger partial charge is 0.347 e. The molecule has 0 unspecified atom stereocenters. The maximum atomic E-state index is 12.9. The second-order valence-corrected chi connectivity index (χ2v) is 5.83. The number of pyridine rings is 1. The van der Waals surface area contributed by atoms with Crippen LogP contribution in [0.4, 0.5) is 4.39 Å². The van der Waals surface area contributed by atoms with Crippen molar-refractivity contribution in [1.29, 1.82) is 0 Å². The first-order chi connectivity index (χ1) is 11.6. The van der Waals surface area contributed by atoms with Gasteiger partial charge in [-0.15, -0.1) is 0 Å². The van der Waals surface area contributed by atoms with Crippen LogP contribution in [-0.4, -0.2) is 40.8 Å². The number of nitrogens with zero attached hydrogens (tertiary/aromatic N) is 2. The van der Waals surface area contributed by atoms with Gasteiger partial charge in [0.25, 0.3) is 5.91 Å². The van der Waals surface area contributed by atoms with Crippen LogP contribution in [0.1, 0.15) is 22.3 Å². The molecule has 24 heavy (non-hydrogen) atoms. The number of rotatable bonds is 5. The summed E-state index contributed by atoms with van der Waals surface area (Å²) in [6.07, 6.45) is 4.09. The van der Waals surface area contributed by atoms with E-state index in [0.29, 0.717) is 31.5 Å². The molecule has 0 aliphatic carbocycles. The Morgan fingerprint density at radius 3 is 2.62 bits per heavy atom. The number of hydrogen-bond donors (Lipinski definition) is 1. The maximum Gasteiger partial charge on any atom is 0.251 e. The Balaban J connectivity index is 1.52. The molecule has 5 nitrogen and oxygen atoms in total. The molecule has 1 saturated heterocycles.